The van der Waals surface area contributed by atoms with E-state index in [1.807, 2.05) is 22.7 Å². The largest absolute Gasteiger partial charge is 0.311 e. The summed E-state index contributed by atoms with van der Waals surface area (Å²) in [6.07, 6.45) is 0. The standard InChI is InChI=1S/C58H37NS2/c1-2-13-49-41(9-1)10-8-16-50(49)45-12-7-11-42(35-45)38-19-27-46(28-20-38)59(47-29-21-39(22-30-47)43-26-34-57-54(36-43)52-15-4-6-18-56(52)60-57)48-31-23-40(24-32-48)44-25-33-53-51-14-3-5-17-55(51)61-58(53)37-44/h1-37H. The van der Waals surface area contributed by atoms with Crippen molar-refractivity contribution >= 4 is 90.9 Å². The van der Waals surface area contributed by atoms with Crippen molar-refractivity contribution in [2.45, 2.75) is 0 Å². The van der Waals surface area contributed by atoms with E-state index in [1.165, 1.54) is 95.6 Å². The zero-order valence-electron chi connectivity index (χ0n) is 33.1. The first-order valence-corrected chi connectivity index (χ1v) is 22.4. The highest BCUT2D eigenvalue weighted by Gasteiger charge is 2.16. The third-order valence-electron chi connectivity index (χ3n) is 12.1. The molecule has 0 saturated carbocycles. The van der Waals surface area contributed by atoms with Crippen LogP contribution in [0.1, 0.15) is 0 Å². The second-order valence-electron chi connectivity index (χ2n) is 15.7. The van der Waals surface area contributed by atoms with Gasteiger partial charge >= 0.3 is 0 Å². The molecule has 10 aromatic carbocycles. The molecule has 0 N–H and O–H groups in total. The van der Waals surface area contributed by atoms with Crippen molar-refractivity contribution in [2.75, 3.05) is 4.90 Å². The molecule has 12 rings (SSSR count). The van der Waals surface area contributed by atoms with Crippen LogP contribution in [0, 0.1) is 0 Å². The van der Waals surface area contributed by atoms with Gasteiger partial charge in [-0.2, -0.15) is 0 Å². The third-order valence-corrected chi connectivity index (χ3v) is 14.4. The van der Waals surface area contributed by atoms with Gasteiger partial charge in [0.25, 0.3) is 0 Å². The van der Waals surface area contributed by atoms with E-state index in [9.17, 15) is 0 Å². The van der Waals surface area contributed by atoms with Gasteiger partial charge in [-0.3, -0.25) is 0 Å². The van der Waals surface area contributed by atoms with Crippen LogP contribution in [0.4, 0.5) is 17.1 Å². The number of rotatable bonds is 7. The summed E-state index contributed by atoms with van der Waals surface area (Å²) in [7, 11) is 0. The lowest BCUT2D eigenvalue weighted by Gasteiger charge is -2.26. The minimum atomic E-state index is 1.10. The fourth-order valence-corrected chi connectivity index (χ4v) is 11.2. The second-order valence-corrected chi connectivity index (χ2v) is 17.9. The van der Waals surface area contributed by atoms with Crippen molar-refractivity contribution in [1.82, 2.24) is 0 Å². The predicted octanol–water partition coefficient (Wildman–Crippen LogP) is 17.7. The molecule has 3 heteroatoms. The van der Waals surface area contributed by atoms with E-state index in [0.29, 0.717) is 0 Å². The number of thiophene rings is 2. The molecule has 0 amide bonds. The molecule has 0 fully saturated rings. The molecule has 0 atom stereocenters. The van der Waals surface area contributed by atoms with E-state index in [2.05, 4.69) is 229 Å². The maximum atomic E-state index is 2.37. The molecule has 12 aromatic rings. The van der Waals surface area contributed by atoms with Gasteiger partial charge in [0.05, 0.1) is 0 Å². The first-order valence-electron chi connectivity index (χ1n) is 20.7. The van der Waals surface area contributed by atoms with Crippen LogP contribution >= 0.6 is 22.7 Å². The summed E-state index contributed by atoms with van der Waals surface area (Å²) in [5.74, 6) is 0. The first-order chi connectivity index (χ1) is 30.2. The molecular weight excluding hydrogens is 775 g/mol. The molecule has 2 aromatic heterocycles. The molecule has 0 unspecified atom stereocenters. The van der Waals surface area contributed by atoms with Crippen molar-refractivity contribution < 1.29 is 0 Å². The molecule has 2 heterocycles. The molecular formula is C58H37NS2. The Bertz CT molecular complexity index is 3570. The summed E-state index contributed by atoms with van der Waals surface area (Å²) in [5.41, 5.74) is 13.0. The van der Waals surface area contributed by atoms with E-state index in [-0.39, 0.29) is 0 Å². The molecule has 1 nitrogen and oxygen atoms in total. The number of anilines is 3. The van der Waals surface area contributed by atoms with Crippen LogP contribution in [0.5, 0.6) is 0 Å². The number of hydrogen-bond acceptors (Lipinski definition) is 3. The van der Waals surface area contributed by atoms with Gasteiger partial charge in [-0.25, -0.2) is 0 Å². The monoisotopic (exact) mass is 811 g/mol. The molecule has 0 aliphatic rings. The maximum Gasteiger partial charge on any atom is 0.0462 e. The zero-order valence-corrected chi connectivity index (χ0v) is 34.8. The van der Waals surface area contributed by atoms with Gasteiger partial charge in [-0.1, -0.05) is 152 Å². The summed E-state index contributed by atoms with van der Waals surface area (Å²) in [4.78, 5) is 2.37. The van der Waals surface area contributed by atoms with Crippen LogP contribution < -0.4 is 4.90 Å². The van der Waals surface area contributed by atoms with E-state index < -0.39 is 0 Å². The molecule has 61 heavy (non-hydrogen) atoms. The Labute approximate surface area is 362 Å². The average Bonchev–Trinajstić information content (AvgIpc) is 3.90. The zero-order chi connectivity index (χ0) is 40.3. The quantitative estimate of drug-likeness (QED) is 0.155. The maximum absolute atomic E-state index is 2.37. The minimum Gasteiger partial charge on any atom is -0.311 e. The van der Waals surface area contributed by atoms with Crippen molar-refractivity contribution in [1.29, 1.82) is 0 Å². The summed E-state index contributed by atoms with van der Waals surface area (Å²) < 4.78 is 5.30. The van der Waals surface area contributed by atoms with E-state index in [0.717, 1.165) is 17.1 Å². The van der Waals surface area contributed by atoms with Gasteiger partial charge in [-0.15, -0.1) is 22.7 Å². The Hall–Kier alpha value is -7.30. The van der Waals surface area contributed by atoms with Crippen molar-refractivity contribution in [3.63, 3.8) is 0 Å². The van der Waals surface area contributed by atoms with Gasteiger partial charge in [0.1, 0.15) is 0 Å². The van der Waals surface area contributed by atoms with Gasteiger partial charge in [0, 0.05) is 57.4 Å². The number of nitrogens with zero attached hydrogens (tertiary/aromatic N) is 1. The van der Waals surface area contributed by atoms with Crippen LogP contribution in [0.15, 0.2) is 224 Å². The highest BCUT2D eigenvalue weighted by Crippen LogP contribution is 2.41. The highest BCUT2D eigenvalue weighted by molar-refractivity contribution is 7.26. The van der Waals surface area contributed by atoms with Crippen LogP contribution in [-0.4, -0.2) is 0 Å². The lowest BCUT2D eigenvalue weighted by molar-refractivity contribution is 1.28. The lowest BCUT2D eigenvalue weighted by Crippen LogP contribution is -2.09. The third kappa shape index (κ3) is 6.38. The topological polar surface area (TPSA) is 3.24 Å². The Balaban J connectivity index is 0.908. The predicted molar refractivity (Wildman–Crippen MR) is 266 cm³/mol. The number of fused-ring (bicyclic) bond motifs is 7. The second kappa shape index (κ2) is 14.8. The van der Waals surface area contributed by atoms with Crippen LogP contribution in [0.3, 0.4) is 0 Å². The molecule has 0 spiro atoms. The summed E-state index contributed by atoms with van der Waals surface area (Å²) in [6.45, 7) is 0. The fourth-order valence-electron chi connectivity index (χ4n) is 9.01. The molecule has 0 saturated heterocycles. The normalized spacial score (nSPS) is 11.6. The number of hydrogen-bond donors (Lipinski definition) is 0. The smallest absolute Gasteiger partial charge is 0.0462 e. The van der Waals surface area contributed by atoms with E-state index in [1.54, 1.807) is 0 Å². The summed E-state index contributed by atoms with van der Waals surface area (Å²) in [6, 6.07) is 82.4. The van der Waals surface area contributed by atoms with Gasteiger partial charge in [-0.05, 0) is 128 Å². The summed E-state index contributed by atoms with van der Waals surface area (Å²) in [5, 5.41) is 7.82. The molecule has 286 valence electrons. The Morgan fingerprint density at radius 1 is 0.246 bits per heavy atom. The fraction of sp³-hybridized carbons (Fsp3) is 0. The Morgan fingerprint density at radius 3 is 1.36 bits per heavy atom. The highest BCUT2D eigenvalue weighted by atomic mass is 32.1. The Morgan fingerprint density at radius 2 is 0.689 bits per heavy atom. The van der Waals surface area contributed by atoms with Crippen LogP contribution in [-0.2, 0) is 0 Å². The van der Waals surface area contributed by atoms with Gasteiger partial charge in [0.2, 0.25) is 0 Å². The van der Waals surface area contributed by atoms with E-state index >= 15 is 0 Å². The molecule has 0 bridgehead atoms. The SMILES string of the molecule is c1cc(-c2ccc(N(c3ccc(-c4ccc5c(c4)sc4ccccc45)cc3)c3ccc(-c4ccc5sc6ccccc6c5c4)cc3)cc2)cc(-c2cccc3ccccc23)c1. The van der Waals surface area contributed by atoms with Crippen molar-refractivity contribution in [2.24, 2.45) is 0 Å². The first kappa shape index (κ1) is 35.6. The lowest BCUT2D eigenvalue weighted by atomic mass is 9.95. The molecule has 0 aliphatic heterocycles. The van der Waals surface area contributed by atoms with Gasteiger partial charge in [0.15, 0.2) is 0 Å². The Kier molecular flexibility index (Phi) is 8.62. The van der Waals surface area contributed by atoms with E-state index in [4.69, 9.17) is 0 Å². The summed E-state index contributed by atoms with van der Waals surface area (Å²) >= 11 is 3.73. The van der Waals surface area contributed by atoms with Gasteiger partial charge < -0.3 is 4.90 Å². The molecule has 0 aliphatic carbocycles. The van der Waals surface area contributed by atoms with Crippen molar-refractivity contribution in [3.05, 3.63) is 224 Å². The minimum absolute atomic E-state index is 1.10. The van der Waals surface area contributed by atoms with Crippen LogP contribution in [0.25, 0.3) is 95.6 Å². The van der Waals surface area contributed by atoms with Crippen LogP contribution in [0.2, 0.25) is 0 Å². The average molecular weight is 812 g/mol. The van der Waals surface area contributed by atoms with Crippen molar-refractivity contribution in [3.8, 4) is 44.5 Å². The molecule has 0 radical (unpaired) electrons. The number of benzene rings is 10.